The van der Waals surface area contributed by atoms with Crippen LogP contribution in [0.25, 0.3) is 33.5 Å². The number of thioether (sulfide) groups is 1. The molecule has 0 unspecified atom stereocenters. The predicted molar refractivity (Wildman–Crippen MR) is 116 cm³/mol. The normalized spacial score (nSPS) is 11.2. The van der Waals surface area contributed by atoms with Gasteiger partial charge in [-0.3, -0.25) is 0 Å². The molecule has 29 heavy (non-hydrogen) atoms. The number of para-hydroxylation sites is 2. The molecule has 7 heteroatoms. The fourth-order valence-corrected chi connectivity index (χ4v) is 4.02. The molecule has 2 aromatic heterocycles. The van der Waals surface area contributed by atoms with Gasteiger partial charge in [0.2, 0.25) is 5.82 Å². The van der Waals surface area contributed by atoms with Crippen LogP contribution in [0.5, 0.6) is 0 Å². The van der Waals surface area contributed by atoms with Gasteiger partial charge < -0.3 is 4.57 Å². The van der Waals surface area contributed by atoms with Gasteiger partial charge in [0.25, 0.3) is 0 Å². The molecule has 2 heterocycles. The number of benzene rings is 3. The molecule has 1 N–H and O–H groups in total. The molecule has 0 aliphatic heterocycles. The third-order valence-corrected chi connectivity index (χ3v) is 5.60. The molecular weight excluding hydrogens is 380 g/mol. The second-order valence-corrected chi connectivity index (χ2v) is 7.46. The van der Waals surface area contributed by atoms with E-state index in [0.717, 1.165) is 33.9 Å². The van der Waals surface area contributed by atoms with E-state index in [2.05, 4.69) is 86.0 Å². The average molecular weight is 398 g/mol. The Balaban J connectivity index is 1.40. The molecular formula is C22H18N6S. The van der Waals surface area contributed by atoms with Crippen LogP contribution in [0.15, 0.2) is 78.0 Å². The number of aromatic amines is 1. The van der Waals surface area contributed by atoms with Crippen molar-refractivity contribution in [2.45, 2.75) is 11.7 Å². The zero-order valence-corrected chi connectivity index (χ0v) is 16.6. The van der Waals surface area contributed by atoms with E-state index in [4.69, 9.17) is 4.98 Å². The van der Waals surface area contributed by atoms with Crippen molar-refractivity contribution in [1.29, 1.82) is 0 Å². The summed E-state index contributed by atoms with van der Waals surface area (Å²) in [6.07, 6.45) is 2.07. The molecule has 0 saturated heterocycles. The van der Waals surface area contributed by atoms with Crippen molar-refractivity contribution >= 4 is 22.8 Å². The van der Waals surface area contributed by atoms with Crippen molar-refractivity contribution < 1.29 is 0 Å². The Bertz CT molecular complexity index is 1240. The number of H-pyrrole nitrogens is 1. The van der Waals surface area contributed by atoms with Crippen LogP contribution >= 0.6 is 11.8 Å². The van der Waals surface area contributed by atoms with E-state index < -0.39 is 0 Å². The van der Waals surface area contributed by atoms with E-state index in [-0.39, 0.29) is 0 Å². The molecule has 0 radical (unpaired) electrons. The third kappa shape index (κ3) is 3.40. The maximum Gasteiger partial charge on any atom is 0.204 e. The predicted octanol–water partition coefficient (Wildman–Crippen LogP) is 4.65. The minimum absolute atomic E-state index is 0.601. The lowest BCUT2D eigenvalue weighted by Crippen LogP contribution is -2.01. The molecule has 0 bridgehead atoms. The Labute approximate surface area is 172 Å². The zero-order chi connectivity index (χ0) is 19.6. The molecule has 0 amide bonds. The number of rotatable bonds is 5. The van der Waals surface area contributed by atoms with Gasteiger partial charge in [-0.25, -0.2) is 4.98 Å². The van der Waals surface area contributed by atoms with Gasteiger partial charge in [-0.2, -0.15) is 5.21 Å². The van der Waals surface area contributed by atoms with Crippen molar-refractivity contribution in [1.82, 2.24) is 30.2 Å². The summed E-state index contributed by atoms with van der Waals surface area (Å²) in [4.78, 5) is 4.73. The molecule has 0 atom stereocenters. The molecule has 0 aliphatic carbocycles. The average Bonchev–Trinajstić information content (AvgIpc) is 3.43. The molecule has 142 valence electrons. The quantitative estimate of drug-likeness (QED) is 0.436. The fraction of sp³-hybridized carbons (Fsp3) is 0.0909. The Kier molecular flexibility index (Phi) is 4.57. The summed E-state index contributed by atoms with van der Waals surface area (Å²) in [5.41, 5.74) is 6.72. The molecule has 5 aromatic rings. The van der Waals surface area contributed by atoms with E-state index in [1.165, 1.54) is 11.1 Å². The molecule has 0 saturated carbocycles. The first-order valence-electron chi connectivity index (χ1n) is 9.24. The Morgan fingerprint density at radius 1 is 0.862 bits per heavy atom. The number of hydrogen-bond donors (Lipinski definition) is 1. The van der Waals surface area contributed by atoms with Gasteiger partial charge in [-0.1, -0.05) is 72.4 Å². The second kappa shape index (κ2) is 7.52. The topological polar surface area (TPSA) is 72.3 Å². The second-order valence-electron chi connectivity index (χ2n) is 6.68. The van der Waals surface area contributed by atoms with Crippen LogP contribution in [0.3, 0.4) is 0 Å². The molecule has 6 nitrogen and oxygen atoms in total. The van der Waals surface area contributed by atoms with Crippen molar-refractivity contribution in [2.75, 3.05) is 6.26 Å². The van der Waals surface area contributed by atoms with E-state index >= 15 is 0 Å². The number of imidazole rings is 1. The minimum Gasteiger partial charge on any atom is -0.314 e. The minimum atomic E-state index is 0.601. The largest absolute Gasteiger partial charge is 0.314 e. The van der Waals surface area contributed by atoms with Crippen LogP contribution < -0.4 is 0 Å². The summed E-state index contributed by atoms with van der Waals surface area (Å²) < 4.78 is 2.27. The van der Waals surface area contributed by atoms with Crippen molar-refractivity contribution in [3.8, 4) is 22.5 Å². The summed E-state index contributed by atoms with van der Waals surface area (Å²) in [5.74, 6) is 0.601. The van der Waals surface area contributed by atoms with Crippen molar-refractivity contribution in [2.24, 2.45) is 0 Å². The van der Waals surface area contributed by atoms with Crippen LogP contribution in [0.2, 0.25) is 0 Å². The SMILES string of the molecule is CSc1nc2ccccc2n1Cc1ccc(-c2ccc(-c3nn[nH]n3)cc2)cc1. The number of nitrogens with one attached hydrogen (secondary N) is 1. The maximum absolute atomic E-state index is 4.73. The zero-order valence-electron chi connectivity index (χ0n) is 15.8. The molecule has 0 fully saturated rings. The molecule has 0 spiro atoms. The van der Waals surface area contributed by atoms with Crippen LogP contribution in [-0.2, 0) is 6.54 Å². The lowest BCUT2D eigenvalue weighted by atomic mass is 10.0. The van der Waals surface area contributed by atoms with Crippen LogP contribution in [-0.4, -0.2) is 36.4 Å². The van der Waals surface area contributed by atoms with Crippen LogP contribution in [0.4, 0.5) is 0 Å². The van der Waals surface area contributed by atoms with Gasteiger partial charge in [0.05, 0.1) is 17.6 Å². The third-order valence-electron chi connectivity index (χ3n) is 4.92. The number of aromatic nitrogens is 6. The Morgan fingerprint density at radius 2 is 1.55 bits per heavy atom. The fourth-order valence-electron chi connectivity index (χ4n) is 3.44. The van der Waals surface area contributed by atoms with Gasteiger partial charge >= 0.3 is 0 Å². The van der Waals surface area contributed by atoms with E-state index in [9.17, 15) is 0 Å². The maximum atomic E-state index is 4.73. The Hall–Kier alpha value is -3.45. The summed E-state index contributed by atoms with van der Waals surface area (Å²) in [6, 6.07) is 25.2. The van der Waals surface area contributed by atoms with E-state index in [1.54, 1.807) is 11.8 Å². The Morgan fingerprint density at radius 3 is 2.24 bits per heavy atom. The highest BCUT2D eigenvalue weighted by molar-refractivity contribution is 7.98. The lowest BCUT2D eigenvalue weighted by Gasteiger charge is -2.09. The molecule has 3 aromatic carbocycles. The first-order valence-corrected chi connectivity index (χ1v) is 10.5. The van der Waals surface area contributed by atoms with Crippen LogP contribution in [0, 0.1) is 0 Å². The summed E-state index contributed by atoms with van der Waals surface area (Å²) in [5, 5.41) is 15.2. The highest BCUT2D eigenvalue weighted by atomic mass is 32.2. The van der Waals surface area contributed by atoms with E-state index in [0.29, 0.717) is 5.82 Å². The molecule has 5 rings (SSSR count). The smallest absolute Gasteiger partial charge is 0.204 e. The number of hydrogen-bond acceptors (Lipinski definition) is 5. The lowest BCUT2D eigenvalue weighted by molar-refractivity contribution is 0.732. The first kappa shape index (κ1) is 17.6. The van der Waals surface area contributed by atoms with E-state index in [1.807, 2.05) is 18.2 Å². The number of fused-ring (bicyclic) bond motifs is 1. The van der Waals surface area contributed by atoms with Gasteiger partial charge in [0.1, 0.15) is 0 Å². The highest BCUT2D eigenvalue weighted by Gasteiger charge is 2.10. The van der Waals surface area contributed by atoms with Gasteiger partial charge in [0, 0.05) is 5.56 Å². The molecule has 0 aliphatic rings. The standard InChI is InChI=1S/C22H18N6S/c1-29-22-23-19-4-2-3-5-20(19)28(22)14-15-6-8-16(9-7-15)17-10-12-18(13-11-17)21-24-26-27-25-21/h2-13H,14H2,1H3,(H,24,25,26,27). The highest BCUT2D eigenvalue weighted by Crippen LogP contribution is 2.26. The summed E-state index contributed by atoms with van der Waals surface area (Å²) in [7, 11) is 0. The van der Waals surface area contributed by atoms with Crippen molar-refractivity contribution in [3.05, 3.63) is 78.4 Å². The van der Waals surface area contributed by atoms with Crippen molar-refractivity contribution in [3.63, 3.8) is 0 Å². The van der Waals surface area contributed by atoms with Gasteiger partial charge in [-0.05, 0) is 40.3 Å². The van der Waals surface area contributed by atoms with Gasteiger partial charge in [-0.15, -0.1) is 10.2 Å². The number of nitrogens with zero attached hydrogens (tertiary/aromatic N) is 5. The number of tetrazole rings is 1. The monoisotopic (exact) mass is 398 g/mol. The van der Waals surface area contributed by atoms with Crippen LogP contribution in [0.1, 0.15) is 5.56 Å². The van der Waals surface area contributed by atoms with Gasteiger partial charge in [0.15, 0.2) is 5.16 Å². The summed E-state index contributed by atoms with van der Waals surface area (Å²) >= 11 is 1.68. The summed E-state index contributed by atoms with van der Waals surface area (Å²) in [6.45, 7) is 0.799. The first-order chi connectivity index (χ1) is 14.3.